The normalized spacial score (nSPS) is 18.9. The first-order valence-corrected chi connectivity index (χ1v) is 7.43. The third-order valence-electron chi connectivity index (χ3n) is 4.18. The molecular weight excluding hydrogens is 220 g/mol. The van der Waals surface area contributed by atoms with Gasteiger partial charge in [-0.3, -0.25) is 0 Å². The van der Waals surface area contributed by atoms with Crippen LogP contribution in [0.1, 0.15) is 64.4 Å². The third-order valence-corrected chi connectivity index (χ3v) is 4.18. The van der Waals surface area contributed by atoms with Crippen molar-refractivity contribution in [1.29, 1.82) is 0 Å². The molecule has 0 aromatic heterocycles. The molecule has 0 saturated heterocycles. The van der Waals surface area contributed by atoms with Gasteiger partial charge in [-0.05, 0) is 49.3 Å². The van der Waals surface area contributed by atoms with Crippen LogP contribution in [0.3, 0.4) is 0 Å². The smallest absolute Gasteiger partial charge is 0.119 e. The maximum absolute atomic E-state index is 6.09. The van der Waals surface area contributed by atoms with Gasteiger partial charge in [0.15, 0.2) is 0 Å². The van der Waals surface area contributed by atoms with Gasteiger partial charge in [0.05, 0.1) is 6.10 Å². The van der Waals surface area contributed by atoms with Crippen LogP contribution in [-0.2, 0) is 0 Å². The molecule has 0 N–H and O–H groups in total. The molecule has 1 heteroatoms. The molecule has 0 heterocycles. The van der Waals surface area contributed by atoms with Crippen molar-refractivity contribution in [3.63, 3.8) is 0 Å². The standard InChI is InChI=1S/C17H26O/c1-13(2)15-9-11-17(12-10-15)18-14(3)16-7-5-4-6-8-16/h9-14,16H,4-8H2,1-3H3. The maximum Gasteiger partial charge on any atom is 0.119 e. The minimum Gasteiger partial charge on any atom is -0.490 e. The lowest BCUT2D eigenvalue weighted by Gasteiger charge is -2.28. The Hall–Kier alpha value is -0.980. The first kappa shape index (κ1) is 13.5. The molecule has 1 aromatic rings. The van der Waals surface area contributed by atoms with Gasteiger partial charge in [0.2, 0.25) is 0 Å². The first-order valence-electron chi connectivity index (χ1n) is 7.43. The fourth-order valence-electron chi connectivity index (χ4n) is 2.85. The molecule has 1 saturated carbocycles. The SMILES string of the molecule is CC(C)c1ccc(OC(C)C2CCCCC2)cc1. The zero-order valence-corrected chi connectivity index (χ0v) is 12.0. The molecule has 0 radical (unpaired) electrons. The van der Waals surface area contributed by atoms with Crippen LogP contribution in [-0.4, -0.2) is 6.10 Å². The van der Waals surface area contributed by atoms with Gasteiger partial charge in [-0.15, -0.1) is 0 Å². The Balaban J connectivity index is 1.91. The predicted molar refractivity (Wildman–Crippen MR) is 77.2 cm³/mol. The van der Waals surface area contributed by atoms with Crippen LogP contribution in [0.2, 0.25) is 0 Å². The minimum absolute atomic E-state index is 0.357. The highest BCUT2D eigenvalue weighted by Gasteiger charge is 2.21. The molecule has 1 aliphatic rings. The third kappa shape index (κ3) is 3.51. The average molecular weight is 246 g/mol. The summed E-state index contributed by atoms with van der Waals surface area (Å²) in [7, 11) is 0. The molecule has 0 spiro atoms. The second-order valence-corrected chi connectivity index (χ2v) is 5.94. The minimum atomic E-state index is 0.357. The van der Waals surface area contributed by atoms with Crippen molar-refractivity contribution in [3.05, 3.63) is 29.8 Å². The summed E-state index contributed by atoms with van der Waals surface area (Å²) in [6.45, 7) is 6.67. The highest BCUT2D eigenvalue weighted by molar-refractivity contribution is 5.29. The lowest BCUT2D eigenvalue weighted by atomic mass is 9.86. The zero-order chi connectivity index (χ0) is 13.0. The second kappa shape index (κ2) is 6.26. The van der Waals surface area contributed by atoms with Crippen LogP contribution < -0.4 is 4.74 Å². The summed E-state index contributed by atoms with van der Waals surface area (Å²) in [6, 6.07) is 8.62. The molecule has 0 amide bonds. The van der Waals surface area contributed by atoms with Crippen molar-refractivity contribution >= 4 is 0 Å². The molecule has 2 rings (SSSR count). The second-order valence-electron chi connectivity index (χ2n) is 5.94. The summed E-state index contributed by atoms with van der Waals surface area (Å²) >= 11 is 0. The van der Waals surface area contributed by atoms with Crippen molar-refractivity contribution in [2.45, 2.75) is 64.9 Å². The van der Waals surface area contributed by atoms with E-state index in [0.717, 1.165) is 11.7 Å². The van der Waals surface area contributed by atoms with Crippen molar-refractivity contribution in [3.8, 4) is 5.75 Å². The van der Waals surface area contributed by atoms with E-state index in [-0.39, 0.29) is 0 Å². The summed E-state index contributed by atoms with van der Waals surface area (Å²) in [4.78, 5) is 0. The van der Waals surface area contributed by atoms with E-state index >= 15 is 0 Å². The lowest BCUT2D eigenvalue weighted by molar-refractivity contribution is 0.123. The molecule has 1 aromatic carbocycles. The van der Waals surface area contributed by atoms with Crippen molar-refractivity contribution in [1.82, 2.24) is 0 Å². The van der Waals surface area contributed by atoms with Gasteiger partial charge in [0.25, 0.3) is 0 Å². The van der Waals surface area contributed by atoms with E-state index in [4.69, 9.17) is 4.74 Å². The molecule has 1 fully saturated rings. The Morgan fingerprint density at radius 2 is 1.56 bits per heavy atom. The topological polar surface area (TPSA) is 9.23 Å². The van der Waals surface area contributed by atoms with Gasteiger partial charge in [0, 0.05) is 0 Å². The Morgan fingerprint density at radius 3 is 2.11 bits per heavy atom. The van der Waals surface area contributed by atoms with Crippen molar-refractivity contribution < 1.29 is 4.74 Å². The van der Waals surface area contributed by atoms with Crippen LogP contribution in [0.15, 0.2) is 24.3 Å². The number of hydrogen-bond donors (Lipinski definition) is 0. The van der Waals surface area contributed by atoms with E-state index < -0.39 is 0 Å². The Bertz CT molecular complexity index is 346. The summed E-state index contributed by atoms with van der Waals surface area (Å²) in [6.07, 6.45) is 7.20. The number of ether oxygens (including phenoxy) is 1. The molecule has 0 aliphatic heterocycles. The Morgan fingerprint density at radius 1 is 0.944 bits per heavy atom. The lowest BCUT2D eigenvalue weighted by Crippen LogP contribution is -2.25. The Labute approximate surface area is 112 Å². The Kier molecular flexibility index (Phi) is 4.68. The van der Waals surface area contributed by atoms with Gasteiger partial charge in [0.1, 0.15) is 5.75 Å². The van der Waals surface area contributed by atoms with E-state index in [0.29, 0.717) is 12.0 Å². The van der Waals surface area contributed by atoms with Crippen molar-refractivity contribution in [2.75, 3.05) is 0 Å². The van der Waals surface area contributed by atoms with Gasteiger partial charge >= 0.3 is 0 Å². The highest BCUT2D eigenvalue weighted by atomic mass is 16.5. The summed E-state index contributed by atoms with van der Waals surface area (Å²) in [5.41, 5.74) is 1.38. The molecular formula is C17H26O. The van der Waals surface area contributed by atoms with Crippen LogP contribution in [0.25, 0.3) is 0 Å². The van der Waals surface area contributed by atoms with Crippen LogP contribution >= 0.6 is 0 Å². The summed E-state index contributed by atoms with van der Waals surface area (Å²) in [5.74, 6) is 2.37. The number of hydrogen-bond acceptors (Lipinski definition) is 1. The quantitative estimate of drug-likeness (QED) is 0.713. The molecule has 1 nitrogen and oxygen atoms in total. The molecule has 1 unspecified atom stereocenters. The van der Waals surface area contributed by atoms with Gasteiger partial charge in [-0.2, -0.15) is 0 Å². The van der Waals surface area contributed by atoms with E-state index in [2.05, 4.69) is 45.0 Å². The zero-order valence-electron chi connectivity index (χ0n) is 12.0. The maximum atomic E-state index is 6.09. The molecule has 18 heavy (non-hydrogen) atoms. The van der Waals surface area contributed by atoms with Gasteiger partial charge < -0.3 is 4.74 Å². The molecule has 0 bridgehead atoms. The molecule has 1 atom stereocenters. The molecule has 100 valence electrons. The fourth-order valence-corrected chi connectivity index (χ4v) is 2.85. The van der Waals surface area contributed by atoms with Gasteiger partial charge in [-0.25, -0.2) is 0 Å². The average Bonchev–Trinajstić information content (AvgIpc) is 2.40. The molecule has 1 aliphatic carbocycles. The highest BCUT2D eigenvalue weighted by Crippen LogP contribution is 2.29. The van der Waals surface area contributed by atoms with E-state index in [1.54, 1.807) is 0 Å². The first-order chi connectivity index (χ1) is 8.66. The van der Waals surface area contributed by atoms with E-state index in [9.17, 15) is 0 Å². The van der Waals surface area contributed by atoms with Crippen LogP contribution in [0.5, 0.6) is 5.75 Å². The number of rotatable bonds is 4. The predicted octanol–water partition coefficient (Wildman–Crippen LogP) is 5.16. The number of benzene rings is 1. The largest absolute Gasteiger partial charge is 0.490 e. The van der Waals surface area contributed by atoms with Crippen LogP contribution in [0.4, 0.5) is 0 Å². The summed E-state index contributed by atoms with van der Waals surface area (Å²) in [5, 5.41) is 0. The van der Waals surface area contributed by atoms with Crippen molar-refractivity contribution in [2.24, 2.45) is 5.92 Å². The summed E-state index contributed by atoms with van der Waals surface area (Å²) < 4.78 is 6.09. The van der Waals surface area contributed by atoms with E-state index in [1.807, 2.05) is 0 Å². The van der Waals surface area contributed by atoms with E-state index in [1.165, 1.54) is 37.7 Å². The monoisotopic (exact) mass is 246 g/mol. The van der Waals surface area contributed by atoms with Crippen LogP contribution in [0, 0.1) is 5.92 Å². The fraction of sp³-hybridized carbons (Fsp3) is 0.647. The van der Waals surface area contributed by atoms with Gasteiger partial charge in [-0.1, -0.05) is 45.2 Å².